The van der Waals surface area contributed by atoms with Gasteiger partial charge in [0.25, 0.3) is 0 Å². The van der Waals surface area contributed by atoms with Gasteiger partial charge < -0.3 is 9.80 Å². The van der Waals surface area contributed by atoms with Crippen LogP contribution in [0.4, 0.5) is 24.9 Å². The zero-order valence-corrected chi connectivity index (χ0v) is 15.9. The molecule has 1 fully saturated rings. The predicted octanol–water partition coefficient (Wildman–Crippen LogP) is 3.46. The highest BCUT2D eigenvalue weighted by Crippen LogP contribution is 2.31. The Morgan fingerprint density at radius 3 is 2.35 bits per heavy atom. The van der Waals surface area contributed by atoms with Gasteiger partial charge in [-0.3, -0.25) is 0 Å². The summed E-state index contributed by atoms with van der Waals surface area (Å²) >= 11 is 3.31. The molecule has 0 aliphatic carbocycles. The van der Waals surface area contributed by atoms with Crippen molar-refractivity contribution >= 4 is 27.7 Å². The molecular formula is C16H18BrF3N6. The molecule has 3 heterocycles. The van der Waals surface area contributed by atoms with E-state index in [0.717, 1.165) is 23.4 Å². The second-order valence-corrected chi connectivity index (χ2v) is 7.10. The summed E-state index contributed by atoms with van der Waals surface area (Å²) in [7, 11) is 1.93. The van der Waals surface area contributed by atoms with E-state index in [0.29, 0.717) is 24.9 Å². The van der Waals surface area contributed by atoms with Gasteiger partial charge in [-0.25, -0.2) is 19.9 Å². The summed E-state index contributed by atoms with van der Waals surface area (Å²) < 4.78 is 39.7. The van der Waals surface area contributed by atoms with Crippen molar-refractivity contribution in [2.45, 2.75) is 32.0 Å². The lowest BCUT2D eigenvalue weighted by Gasteiger charge is -2.37. The van der Waals surface area contributed by atoms with E-state index in [4.69, 9.17) is 0 Å². The maximum absolute atomic E-state index is 13.0. The largest absolute Gasteiger partial charge is 0.433 e. The van der Waals surface area contributed by atoms with Crippen molar-refractivity contribution in [1.82, 2.24) is 19.9 Å². The first kappa shape index (κ1) is 18.8. The molecule has 3 rings (SSSR count). The van der Waals surface area contributed by atoms with E-state index in [-0.39, 0.29) is 11.9 Å². The van der Waals surface area contributed by atoms with Crippen LogP contribution in [-0.4, -0.2) is 46.1 Å². The van der Waals surface area contributed by atoms with Crippen LogP contribution in [0.5, 0.6) is 0 Å². The summed E-state index contributed by atoms with van der Waals surface area (Å²) in [6.07, 6.45) is 0.465. The molecule has 0 amide bonds. The Labute approximate surface area is 157 Å². The lowest BCUT2D eigenvalue weighted by Crippen LogP contribution is -2.44. The van der Waals surface area contributed by atoms with Gasteiger partial charge in [0.2, 0.25) is 5.95 Å². The highest BCUT2D eigenvalue weighted by molar-refractivity contribution is 9.10. The van der Waals surface area contributed by atoms with E-state index in [1.54, 1.807) is 12.4 Å². The molecule has 6 nitrogen and oxygen atoms in total. The average Bonchev–Trinajstić information content (AvgIpc) is 2.61. The molecule has 0 bridgehead atoms. The van der Waals surface area contributed by atoms with Crippen molar-refractivity contribution in [2.24, 2.45) is 0 Å². The number of rotatable bonds is 3. The summed E-state index contributed by atoms with van der Waals surface area (Å²) in [5.74, 6) is 1.08. The Hall–Kier alpha value is -1.97. The van der Waals surface area contributed by atoms with Crippen LogP contribution in [0.3, 0.4) is 0 Å². The normalized spacial score (nSPS) is 16.0. The third kappa shape index (κ3) is 4.22. The molecular weight excluding hydrogens is 413 g/mol. The van der Waals surface area contributed by atoms with Crippen LogP contribution < -0.4 is 9.80 Å². The van der Waals surface area contributed by atoms with Crippen LogP contribution in [-0.2, 0) is 6.18 Å². The number of piperidine rings is 1. The Bertz CT molecular complexity index is 760. The Kier molecular flexibility index (Phi) is 5.31. The second-order valence-electron chi connectivity index (χ2n) is 6.19. The number of aromatic nitrogens is 4. The first-order valence-corrected chi connectivity index (χ1v) is 8.91. The Balaban J connectivity index is 1.69. The van der Waals surface area contributed by atoms with Crippen LogP contribution in [0, 0.1) is 6.92 Å². The molecule has 10 heteroatoms. The summed E-state index contributed by atoms with van der Waals surface area (Å²) in [6.45, 7) is 2.70. The fourth-order valence-corrected chi connectivity index (χ4v) is 3.20. The Morgan fingerprint density at radius 2 is 1.77 bits per heavy atom. The molecule has 0 N–H and O–H groups in total. The standard InChI is InChI=1S/C16H18BrF3N6/c1-10-23-13(16(18,19)20)7-14(24-10)26-5-3-12(4-6-26)25(2)15-21-8-11(17)9-22-15/h7-9,12H,3-6H2,1-2H3. The van der Waals surface area contributed by atoms with Gasteiger partial charge in [0.1, 0.15) is 17.3 Å². The molecule has 0 saturated carbocycles. The third-order valence-corrected chi connectivity index (χ3v) is 4.78. The van der Waals surface area contributed by atoms with Gasteiger partial charge in [-0.15, -0.1) is 0 Å². The van der Waals surface area contributed by atoms with Gasteiger partial charge in [-0.05, 0) is 35.7 Å². The highest BCUT2D eigenvalue weighted by Gasteiger charge is 2.34. The van der Waals surface area contributed by atoms with Crippen LogP contribution >= 0.6 is 15.9 Å². The zero-order chi connectivity index (χ0) is 18.9. The van der Waals surface area contributed by atoms with E-state index in [2.05, 4.69) is 35.9 Å². The van der Waals surface area contributed by atoms with E-state index >= 15 is 0 Å². The van der Waals surface area contributed by atoms with E-state index in [1.807, 2.05) is 16.8 Å². The quantitative estimate of drug-likeness (QED) is 0.742. The molecule has 1 saturated heterocycles. The maximum atomic E-state index is 13.0. The van der Waals surface area contributed by atoms with Crippen LogP contribution in [0.15, 0.2) is 22.9 Å². The molecule has 2 aromatic heterocycles. The molecule has 0 radical (unpaired) electrons. The molecule has 0 unspecified atom stereocenters. The molecule has 2 aromatic rings. The second kappa shape index (κ2) is 7.34. The fraction of sp³-hybridized carbons (Fsp3) is 0.500. The van der Waals surface area contributed by atoms with E-state index in [9.17, 15) is 13.2 Å². The van der Waals surface area contributed by atoms with Crippen LogP contribution in [0.25, 0.3) is 0 Å². The topological polar surface area (TPSA) is 58.0 Å². The molecule has 1 aliphatic rings. The monoisotopic (exact) mass is 430 g/mol. The Morgan fingerprint density at radius 1 is 1.15 bits per heavy atom. The van der Waals surface area contributed by atoms with Crippen molar-refractivity contribution in [3.63, 3.8) is 0 Å². The summed E-state index contributed by atoms with van der Waals surface area (Å²) in [6, 6.07) is 1.24. The van der Waals surface area contributed by atoms with E-state index < -0.39 is 11.9 Å². The fourth-order valence-electron chi connectivity index (χ4n) is 2.99. The summed E-state index contributed by atoms with van der Waals surface area (Å²) in [4.78, 5) is 20.1. The van der Waals surface area contributed by atoms with Gasteiger partial charge in [0.05, 0.1) is 4.47 Å². The van der Waals surface area contributed by atoms with E-state index in [1.165, 1.54) is 6.92 Å². The first-order valence-electron chi connectivity index (χ1n) is 8.12. The van der Waals surface area contributed by atoms with Gasteiger partial charge in [-0.2, -0.15) is 13.2 Å². The lowest BCUT2D eigenvalue weighted by molar-refractivity contribution is -0.141. The molecule has 140 valence electrons. The first-order chi connectivity index (χ1) is 12.2. The minimum Gasteiger partial charge on any atom is -0.356 e. The SMILES string of the molecule is Cc1nc(N2CCC(N(C)c3ncc(Br)cn3)CC2)cc(C(F)(F)F)n1. The zero-order valence-electron chi connectivity index (χ0n) is 14.3. The summed E-state index contributed by atoms with van der Waals surface area (Å²) in [5.41, 5.74) is -0.900. The molecule has 26 heavy (non-hydrogen) atoms. The predicted molar refractivity (Wildman–Crippen MR) is 95.1 cm³/mol. The van der Waals surface area contributed by atoms with Crippen molar-refractivity contribution < 1.29 is 13.2 Å². The number of anilines is 2. The maximum Gasteiger partial charge on any atom is 0.433 e. The number of halogens is 4. The minimum atomic E-state index is -4.47. The third-order valence-electron chi connectivity index (χ3n) is 4.37. The lowest BCUT2D eigenvalue weighted by atomic mass is 10.0. The number of alkyl halides is 3. The molecule has 0 spiro atoms. The number of aryl methyl sites for hydroxylation is 1. The smallest absolute Gasteiger partial charge is 0.356 e. The van der Waals surface area contributed by atoms with Crippen molar-refractivity contribution in [2.75, 3.05) is 29.9 Å². The minimum absolute atomic E-state index is 0.123. The number of nitrogens with zero attached hydrogens (tertiary/aromatic N) is 6. The summed E-state index contributed by atoms with van der Waals surface area (Å²) in [5, 5.41) is 0. The van der Waals surface area contributed by atoms with Gasteiger partial charge in [0.15, 0.2) is 0 Å². The van der Waals surface area contributed by atoms with Crippen molar-refractivity contribution in [3.8, 4) is 0 Å². The molecule has 0 aromatic carbocycles. The average molecular weight is 431 g/mol. The van der Waals surface area contributed by atoms with Gasteiger partial charge in [-0.1, -0.05) is 0 Å². The van der Waals surface area contributed by atoms with Crippen LogP contribution in [0.1, 0.15) is 24.4 Å². The number of hydrogen-bond donors (Lipinski definition) is 0. The van der Waals surface area contributed by atoms with Gasteiger partial charge in [0, 0.05) is 44.6 Å². The highest BCUT2D eigenvalue weighted by atomic mass is 79.9. The van der Waals surface area contributed by atoms with Gasteiger partial charge >= 0.3 is 6.18 Å². The van der Waals surface area contributed by atoms with Crippen molar-refractivity contribution in [1.29, 1.82) is 0 Å². The van der Waals surface area contributed by atoms with Crippen LogP contribution in [0.2, 0.25) is 0 Å². The number of hydrogen-bond acceptors (Lipinski definition) is 6. The molecule has 1 aliphatic heterocycles. The molecule has 0 atom stereocenters. The van der Waals surface area contributed by atoms with Crippen molar-refractivity contribution in [3.05, 3.63) is 34.5 Å².